The lowest BCUT2D eigenvalue weighted by atomic mass is 10.1. The predicted molar refractivity (Wildman–Crippen MR) is 138 cm³/mol. The minimum Gasteiger partial charge on any atom is -0.497 e. The van der Waals surface area contributed by atoms with Crippen LogP contribution in [0, 0.1) is 6.92 Å². The van der Waals surface area contributed by atoms with Gasteiger partial charge in [-0.3, -0.25) is 4.90 Å². The number of ether oxygens (including phenoxy) is 2. The number of aliphatic hydroxyl groups is 1. The topological polar surface area (TPSA) is 59.8 Å². The fraction of sp³-hybridized carbons (Fsp3) is 0.276. The number of hydrogen-bond acceptors (Lipinski definition) is 5. The van der Waals surface area contributed by atoms with Crippen molar-refractivity contribution in [1.29, 1.82) is 0 Å². The molecule has 0 saturated heterocycles. The Morgan fingerprint density at radius 3 is 2.31 bits per heavy atom. The third-order valence-electron chi connectivity index (χ3n) is 5.93. The molecule has 6 heteroatoms. The van der Waals surface area contributed by atoms with Crippen molar-refractivity contribution in [3.05, 3.63) is 102 Å². The summed E-state index contributed by atoms with van der Waals surface area (Å²) in [5.74, 6) is 2.07. The van der Waals surface area contributed by atoms with Gasteiger partial charge in [-0.15, -0.1) is 0 Å². The van der Waals surface area contributed by atoms with Crippen molar-refractivity contribution in [1.82, 2.24) is 14.7 Å². The zero-order chi connectivity index (χ0) is 24.6. The number of methoxy groups -OCH3 is 1. The Kier molecular flexibility index (Phi) is 8.19. The number of nitrogens with zero attached hydrogens (tertiary/aromatic N) is 3. The van der Waals surface area contributed by atoms with Crippen LogP contribution in [0.25, 0.3) is 5.69 Å². The highest BCUT2D eigenvalue weighted by Crippen LogP contribution is 2.33. The molecular weight excluding hydrogens is 438 g/mol. The first kappa shape index (κ1) is 24.5. The molecule has 3 aromatic carbocycles. The highest BCUT2D eigenvalue weighted by molar-refractivity contribution is 5.44. The summed E-state index contributed by atoms with van der Waals surface area (Å²) in [6.45, 7) is 6.13. The molecule has 0 fully saturated rings. The Morgan fingerprint density at radius 2 is 1.63 bits per heavy atom. The van der Waals surface area contributed by atoms with E-state index in [0.29, 0.717) is 24.7 Å². The predicted octanol–water partition coefficient (Wildman–Crippen LogP) is 5.93. The van der Waals surface area contributed by atoms with Gasteiger partial charge in [-0.05, 0) is 49.7 Å². The van der Waals surface area contributed by atoms with E-state index < -0.39 is 6.10 Å². The van der Waals surface area contributed by atoms with Crippen LogP contribution in [0.1, 0.15) is 36.3 Å². The molecule has 0 aliphatic carbocycles. The summed E-state index contributed by atoms with van der Waals surface area (Å²) in [5.41, 5.74) is 3.72. The number of aliphatic hydroxyl groups excluding tert-OH is 1. The fourth-order valence-corrected chi connectivity index (χ4v) is 4.15. The van der Waals surface area contributed by atoms with Gasteiger partial charge < -0.3 is 14.6 Å². The summed E-state index contributed by atoms with van der Waals surface area (Å²) in [6.07, 6.45) is 0.398. The zero-order valence-corrected chi connectivity index (χ0v) is 20.6. The van der Waals surface area contributed by atoms with E-state index in [1.165, 1.54) is 0 Å². The van der Waals surface area contributed by atoms with Gasteiger partial charge in [0, 0.05) is 19.2 Å². The first-order valence-corrected chi connectivity index (χ1v) is 12.0. The van der Waals surface area contributed by atoms with Gasteiger partial charge in [0.2, 0.25) is 5.88 Å². The fourth-order valence-electron chi connectivity index (χ4n) is 4.15. The number of rotatable bonds is 11. The smallest absolute Gasteiger partial charge is 0.227 e. The van der Waals surface area contributed by atoms with Crippen molar-refractivity contribution < 1.29 is 14.6 Å². The molecule has 4 aromatic rings. The molecule has 4 rings (SSSR count). The molecule has 1 aromatic heterocycles. The van der Waals surface area contributed by atoms with Crippen molar-refractivity contribution in [3.8, 4) is 23.1 Å². The van der Waals surface area contributed by atoms with Crippen LogP contribution in [0.3, 0.4) is 0 Å². The van der Waals surface area contributed by atoms with Gasteiger partial charge in [0.25, 0.3) is 0 Å². The molecule has 1 atom stereocenters. The molecule has 0 amide bonds. The third kappa shape index (κ3) is 6.10. The molecule has 35 heavy (non-hydrogen) atoms. The molecule has 0 bridgehead atoms. The Labute approximate surface area is 207 Å². The first-order chi connectivity index (χ1) is 17.1. The molecular formula is C29H33N3O3. The maximum Gasteiger partial charge on any atom is 0.227 e. The van der Waals surface area contributed by atoms with Gasteiger partial charge >= 0.3 is 0 Å². The average molecular weight is 472 g/mol. The molecule has 0 aliphatic rings. The largest absolute Gasteiger partial charge is 0.497 e. The lowest BCUT2D eigenvalue weighted by molar-refractivity contribution is 0.108. The van der Waals surface area contributed by atoms with Crippen molar-refractivity contribution in [2.24, 2.45) is 0 Å². The second-order valence-corrected chi connectivity index (χ2v) is 8.56. The minimum absolute atomic E-state index is 0.520. The first-order valence-electron chi connectivity index (χ1n) is 12.0. The number of para-hydroxylation sites is 1. The van der Waals surface area contributed by atoms with Crippen LogP contribution in [0.5, 0.6) is 17.4 Å². The van der Waals surface area contributed by atoms with Crippen LogP contribution in [-0.4, -0.2) is 40.0 Å². The summed E-state index contributed by atoms with van der Waals surface area (Å²) in [6, 6.07) is 27.4. The van der Waals surface area contributed by atoms with Gasteiger partial charge in [0.1, 0.15) is 11.5 Å². The van der Waals surface area contributed by atoms with Crippen LogP contribution in [0.2, 0.25) is 0 Å². The molecule has 1 N–H and O–H groups in total. The van der Waals surface area contributed by atoms with Gasteiger partial charge in [-0.1, -0.05) is 61.5 Å². The Hall–Kier alpha value is -3.61. The van der Waals surface area contributed by atoms with Crippen LogP contribution in [0.15, 0.2) is 84.9 Å². The standard InChI is InChI=1S/C29H33N3O3/c1-4-18-31(21-28(33)23-12-7-5-8-13-23)20-27-22(2)30-32(24-14-9-6-10-15-24)29(27)35-26-17-11-16-25(19-26)34-3/h5-17,19,28,33H,4,18,20-21H2,1-3H3. The second kappa shape index (κ2) is 11.7. The Bertz CT molecular complexity index is 1210. The van der Waals surface area contributed by atoms with E-state index in [1.54, 1.807) is 7.11 Å². The van der Waals surface area contributed by atoms with E-state index in [-0.39, 0.29) is 0 Å². The van der Waals surface area contributed by atoms with Crippen molar-refractivity contribution in [2.45, 2.75) is 32.9 Å². The summed E-state index contributed by atoms with van der Waals surface area (Å²) in [7, 11) is 1.64. The molecule has 0 saturated carbocycles. The van der Waals surface area contributed by atoms with E-state index in [1.807, 2.05) is 96.5 Å². The molecule has 6 nitrogen and oxygen atoms in total. The van der Waals surface area contributed by atoms with Crippen molar-refractivity contribution in [2.75, 3.05) is 20.2 Å². The zero-order valence-electron chi connectivity index (χ0n) is 20.6. The number of benzene rings is 3. The van der Waals surface area contributed by atoms with Crippen LogP contribution in [0.4, 0.5) is 0 Å². The van der Waals surface area contributed by atoms with Crippen molar-refractivity contribution >= 4 is 0 Å². The van der Waals surface area contributed by atoms with Crippen molar-refractivity contribution in [3.63, 3.8) is 0 Å². The Balaban J connectivity index is 1.68. The molecule has 1 unspecified atom stereocenters. The van der Waals surface area contributed by atoms with E-state index >= 15 is 0 Å². The molecule has 0 spiro atoms. The quantitative estimate of drug-likeness (QED) is 0.294. The van der Waals surface area contributed by atoms with Gasteiger partial charge in [-0.25, -0.2) is 4.68 Å². The molecule has 182 valence electrons. The van der Waals surface area contributed by atoms with Crippen LogP contribution in [-0.2, 0) is 6.54 Å². The summed E-state index contributed by atoms with van der Waals surface area (Å²) in [4.78, 5) is 2.26. The van der Waals surface area contributed by atoms with Gasteiger partial charge in [-0.2, -0.15) is 5.10 Å². The monoisotopic (exact) mass is 471 g/mol. The second-order valence-electron chi connectivity index (χ2n) is 8.56. The maximum absolute atomic E-state index is 10.9. The van der Waals surface area contributed by atoms with Gasteiger partial charge in [0.15, 0.2) is 0 Å². The number of aryl methyl sites for hydroxylation is 1. The summed E-state index contributed by atoms with van der Waals surface area (Å²) in [5, 5.41) is 15.7. The lowest BCUT2D eigenvalue weighted by Gasteiger charge is -2.25. The SMILES string of the molecule is CCCN(Cc1c(C)nn(-c2ccccc2)c1Oc1cccc(OC)c1)CC(O)c1ccccc1. The van der Waals surface area contributed by atoms with Gasteiger partial charge in [0.05, 0.1) is 30.2 Å². The van der Waals surface area contributed by atoms with E-state index in [9.17, 15) is 5.11 Å². The molecule has 0 radical (unpaired) electrons. The normalized spacial score (nSPS) is 12.0. The Morgan fingerprint density at radius 1 is 0.943 bits per heavy atom. The van der Waals surface area contributed by atoms with E-state index in [2.05, 4.69) is 11.8 Å². The van der Waals surface area contributed by atoms with Crippen LogP contribution < -0.4 is 9.47 Å². The van der Waals surface area contributed by atoms with E-state index in [4.69, 9.17) is 14.6 Å². The minimum atomic E-state index is -0.574. The summed E-state index contributed by atoms with van der Waals surface area (Å²) >= 11 is 0. The average Bonchev–Trinajstić information content (AvgIpc) is 3.19. The van der Waals surface area contributed by atoms with Crippen LogP contribution >= 0.6 is 0 Å². The molecule has 0 aliphatic heterocycles. The third-order valence-corrected chi connectivity index (χ3v) is 5.93. The summed E-state index contributed by atoms with van der Waals surface area (Å²) < 4.78 is 13.7. The molecule has 1 heterocycles. The maximum atomic E-state index is 10.9. The number of aromatic nitrogens is 2. The lowest BCUT2D eigenvalue weighted by Crippen LogP contribution is -2.29. The highest BCUT2D eigenvalue weighted by atomic mass is 16.5. The highest BCUT2D eigenvalue weighted by Gasteiger charge is 2.23. The van der Waals surface area contributed by atoms with E-state index in [0.717, 1.165) is 41.2 Å². The number of hydrogen-bond donors (Lipinski definition) is 1.